The Labute approximate surface area is 143 Å². The number of esters is 1. The molecule has 24 heavy (non-hydrogen) atoms. The van der Waals surface area contributed by atoms with Gasteiger partial charge < -0.3 is 9.26 Å². The van der Waals surface area contributed by atoms with Crippen LogP contribution >= 0.6 is 11.6 Å². The number of hydrogen-bond acceptors (Lipinski definition) is 6. The molecule has 0 aliphatic rings. The number of rotatable bonds is 4. The summed E-state index contributed by atoms with van der Waals surface area (Å²) >= 11 is 6.04. The third-order valence-electron chi connectivity index (χ3n) is 3.46. The van der Waals surface area contributed by atoms with Gasteiger partial charge in [0.2, 0.25) is 5.82 Å². The fourth-order valence-corrected chi connectivity index (χ4v) is 2.44. The Hall–Kier alpha value is -2.67. The zero-order chi connectivity index (χ0) is 17.3. The van der Waals surface area contributed by atoms with Crippen molar-refractivity contribution in [1.29, 1.82) is 0 Å². The van der Waals surface area contributed by atoms with Crippen molar-refractivity contribution in [2.75, 3.05) is 0 Å². The van der Waals surface area contributed by atoms with Gasteiger partial charge in [-0.05, 0) is 26.0 Å². The summed E-state index contributed by atoms with van der Waals surface area (Å²) in [4.78, 5) is 16.4. The zero-order valence-electron chi connectivity index (χ0n) is 13.4. The molecule has 0 unspecified atom stereocenters. The highest BCUT2D eigenvalue weighted by molar-refractivity contribution is 6.32. The molecule has 2 aromatic heterocycles. The molecule has 0 saturated heterocycles. The van der Waals surface area contributed by atoms with E-state index in [0.717, 1.165) is 11.1 Å². The van der Waals surface area contributed by atoms with Gasteiger partial charge in [-0.2, -0.15) is 10.1 Å². The predicted octanol–water partition coefficient (Wildman–Crippen LogP) is 3.10. The van der Waals surface area contributed by atoms with Gasteiger partial charge in [0.05, 0.1) is 5.69 Å². The van der Waals surface area contributed by atoms with Crippen LogP contribution in [0.15, 0.2) is 28.8 Å². The maximum Gasteiger partial charge on any atom is 0.343 e. The second kappa shape index (κ2) is 6.45. The first-order valence-corrected chi connectivity index (χ1v) is 7.59. The molecule has 0 aliphatic heterocycles. The largest absolute Gasteiger partial charge is 0.454 e. The van der Waals surface area contributed by atoms with Crippen molar-refractivity contribution in [1.82, 2.24) is 19.9 Å². The smallest absolute Gasteiger partial charge is 0.343 e. The van der Waals surface area contributed by atoms with Crippen LogP contribution in [0.4, 0.5) is 0 Å². The van der Waals surface area contributed by atoms with E-state index >= 15 is 0 Å². The molecule has 0 N–H and O–H groups in total. The lowest BCUT2D eigenvalue weighted by Crippen LogP contribution is -2.07. The number of benzene rings is 1. The summed E-state index contributed by atoms with van der Waals surface area (Å²) in [6.45, 7) is 3.57. The Kier molecular flexibility index (Phi) is 4.35. The van der Waals surface area contributed by atoms with E-state index in [2.05, 4.69) is 15.2 Å². The van der Waals surface area contributed by atoms with Crippen molar-refractivity contribution < 1.29 is 14.1 Å². The molecule has 8 heteroatoms. The number of halogens is 1. The van der Waals surface area contributed by atoms with Crippen molar-refractivity contribution in [2.45, 2.75) is 20.5 Å². The van der Waals surface area contributed by atoms with Crippen LogP contribution in [-0.2, 0) is 18.4 Å². The van der Waals surface area contributed by atoms with Crippen molar-refractivity contribution in [2.24, 2.45) is 7.05 Å². The number of aryl methyl sites for hydroxylation is 3. The SMILES string of the molecule is Cc1ccc(-c2nc(COC(=O)c3c(C)nn(C)c3Cl)no2)cc1. The lowest BCUT2D eigenvalue weighted by Gasteiger charge is -2.01. The molecule has 0 spiro atoms. The zero-order valence-corrected chi connectivity index (χ0v) is 14.2. The van der Waals surface area contributed by atoms with Gasteiger partial charge in [-0.15, -0.1) is 0 Å². The van der Waals surface area contributed by atoms with Gasteiger partial charge in [0, 0.05) is 12.6 Å². The Morgan fingerprint density at radius 1 is 1.29 bits per heavy atom. The second-order valence-corrected chi connectivity index (χ2v) is 5.69. The summed E-state index contributed by atoms with van der Waals surface area (Å²) in [6.07, 6.45) is 0. The number of carbonyl (C=O) groups is 1. The van der Waals surface area contributed by atoms with E-state index < -0.39 is 5.97 Å². The molecular formula is C16H15ClN4O3. The third kappa shape index (κ3) is 3.16. The van der Waals surface area contributed by atoms with E-state index in [9.17, 15) is 4.79 Å². The molecule has 0 fully saturated rings. The van der Waals surface area contributed by atoms with Crippen LogP contribution in [0.3, 0.4) is 0 Å². The van der Waals surface area contributed by atoms with Gasteiger partial charge in [0.25, 0.3) is 5.89 Å². The molecule has 0 radical (unpaired) electrons. The van der Waals surface area contributed by atoms with E-state index in [0.29, 0.717) is 11.6 Å². The van der Waals surface area contributed by atoms with Gasteiger partial charge in [-0.25, -0.2) is 4.79 Å². The summed E-state index contributed by atoms with van der Waals surface area (Å²) in [5, 5.41) is 8.11. The van der Waals surface area contributed by atoms with Crippen LogP contribution < -0.4 is 0 Å². The number of nitrogens with zero attached hydrogens (tertiary/aromatic N) is 4. The first-order valence-electron chi connectivity index (χ1n) is 7.21. The molecule has 0 amide bonds. The van der Waals surface area contributed by atoms with Crippen molar-refractivity contribution in [3.05, 3.63) is 52.1 Å². The molecule has 1 aromatic carbocycles. The predicted molar refractivity (Wildman–Crippen MR) is 86.5 cm³/mol. The lowest BCUT2D eigenvalue weighted by atomic mass is 10.1. The topological polar surface area (TPSA) is 83.0 Å². The van der Waals surface area contributed by atoms with Crippen LogP contribution in [0.1, 0.15) is 27.4 Å². The normalized spacial score (nSPS) is 10.8. The second-order valence-electron chi connectivity index (χ2n) is 5.33. The summed E-state index contributed by atoms with van der Waals surface area (Å²) in [7, 11) is 1.65. The van der Waals surface area contributed by atoms with Crippen molar-refractivity contribution in [3.8, 4) is 11.5 Å². The molecular weight excluding hydrogens is 332 g/mol. The summed E-state index contributed by atoms with van der Waals surface area (Å²) in [5.41, 5.74) is 2.68. The Bertz CT molecular complexity index is 883. The van der Waals surface area contributed by atoms with Gasteiger partial charge in [-0.3, -0.25) is 4.68 Å². The highest BCUT2D eigenvalue weighted by Gasteiger charge is 2.21. The van der Waals surface area contributed by atoms with E-state index in [-0.39, 0.29) is 23.1 Å². The molecule has 0 atom stereocenters. The highest BCUT2D eigenvalue weighted by atomic mass is 35.5. The van der Waals surface area contributed by atoms with Gasteiger partial charge in [-0.1, -0.05) is 34.5 Å². The summed E-state index contributed by atoms with van der Waals surface area (Å²) in [5.74, 6) is 0.0699. The third-order valence-corrected chi connectivity index (χ3v) is 3.89. The van der Waals surface area contributed by atoms with Crippen molar-refractivity contribution in [3.63, 3.8) is 0 Å². The standard InChI is InChI=1S/C16H15ClN4O3/c1-9-4-6-11(7-5-9)15-18-12(20-24-15)8-23-16(22)13-10(2)19-21(3)14(13)17/h4-7H,8H2,1-3H3. The van der Waals surface area contributed by atoms with Crippen LogP contribution in [0, 0.1) is 13.8 Å². The molecule has 7 nitrogen and oxygen atoms in total. The first-order chi connectivity index (χ1) is 11.5. The van der Waals surface area contributed by atoms with E-state index in [4.69, 9.17) is 20.9 Å². The molecule has 0 aliphatic carbocycles. The monoisotopic (exact) mass is 346 g/mol. The van der Waals surface area contributed by atoms with Crippen LogP contribution in [0.2, 0.25) is 5.15 Å². The Morgan fingerprint density at radius 2 is 2.00 bits per heavy atom. The van der Waals surface area contributed by atoms with Crippen molar-refractivity contribution >= 4 is 17.6 Å². The molecule has 2 heterocycles. The fourth-order valence-electron chi connectivity index (χ4n) is 2.19. The van der Waals surface area contributed by atoms with Gasteiger partial charge in [0.1, 0.15) is 10.7 Å². The maximum absolute atomic E-state index is 12.1. The Balaban J connectivity index is 1.69. The van der Waals surface area contributed by atoms with Crippen LogP contribution in [0.5, 0.6) is 0 Å². The summed E-state index contributed by atoms with van der Waals surface area (Å²) in [6, 6.07) is 7.67. The minimum atomic E-state index is -0.577. The number of ether oxygens (including phenoxy) is 1. The fraction of sp³-hybridized carbons (Fsp3) is 0.250. The molecule has 3 rings (SSSR count). The van der Waals surface area contributed by atoms with E-state index in [1.807, 2.05) is 31.2 Å². The minimum absolute atomic E-state index is 0.112. The molecule has 3 aromatic rings. The maximum atomic E-state index is 12.1. The summed E-state index contributed by atoms with van der Waals surface area (Å²) < 4.78 is 11.8. The van der Waals surface area contributed by atoms with Crippen LogP contribution in [0.25, 0.3) is 11.5 Å². The number of hydrogen-bond donors (Lipinski definition) is 0. The van der Waals surface area contributed by atoms with Gasteiger partial charge in [0.15, 0.2) is 6.61 Å². The Morgan fingerprint density at radius 3 is 2.62 bits per heavy atom. The average molecular weight is 347 g/mol. The number of carbonyl (C=O) groups excluding carboxylic acids is 1. The molecule has 124 valence electrons. The molecule has 0 saturated carbocycles. The van der Waals surface area contributed by atoms with Gasteiger partial charge >= 0.3 is 5.97 Å². The number of aromatic nitrogens is 4. The van der Waals surface area contributed by atoms with E-state index in [1.165, 1.54) is 4.68 Å². The molecule has 0 bridgehead atoms. The average Bonchev–Trinajstić information content (AvgIpc) is 3.11. The first kappa shape index (κ1) is 16.2. The van der Waals surface area contributed by atoms with Crippen LogP contribution in [-0.4, -0.2) is 25.9 Å². The highest BCUT2D eigenvalue weighted by Crippen LogP contribution is 2.21. The quantitative estimate of drug-likeness (QED) is 0.675. The lowest BCUT2D eigenvalue weighted by molar-refractivity contribution is 0.0459. The van der Waals surface area contributed by atoms with E-state index in [1.54, 1.807) is 14.0 Å². The minimum Gasteiger partial charge on any atom is -0.454 e.